The summed E-state index contributed by atoms with van der Waals surface area (Å²) in [5, 5.41) is 12.0. The highest BCUT2D eigenvalue weighted by Crippen LogP contribution is 2.19. The number of nitrogens with zero attached hydrogens (tertiary/aromatic N) is 4. The van der Waals surface area contributed by atoms with Gasteiger partial charge in [0.2, 0.25) is 0 Å². The molecule has 5 heteroatoms. The summed E-state index contributed by atoms with van der Waals surface area (Å²) in [5.41, 5.74) is 2.42. The van der Waals surface area contributed by atoms with Gasteiger partial charge in [-0.2, -0.15) is 10.2 Å². The Hall–Kier alpha value is -1.62. The van der Waals surface area contributed by atoms with Gasteiger partial charge in [-0.05, 0) is 18.9 Å². The summed E-state index contributed by atoms with van der Waals surface area (Å²) >= 11 is 0. The van der Waals surface area contributed by atoms with Crippen LogP contribution >= 0.6 is 0 Å². The second-order valence-electron chi connectivity index (χ2n) is 4.66. The van der Waals surface area contributed by atoms with Gasteiger partial charge in [-0.3, -0.25) is 9.36 Å². The summed E-state index contributed by atoms with van der Waals surface area (Å²) in [7, 11) is 1.93. The Labute approximate surface area is 100 Å². The highest BCUT2D eigenvalue weighted by Gasteiger charge is 2.20. The topological polar surface area (TPSA) is 47.7 Å². The minimum Gasteiger partial charge on any atom is -0.308 e. The van der Waals surface area contributed by atoms with Crippen molar-refractivity contribution >= 4 is 0 Å². The number of hydrogen-bond donors (Lipinski definition) is 1. The molecule has 1 saturated carbocycles. The van der Waals surface area contributed by atoms with Crippen molar-refractivity contribution in [1.82, 2.24) is 24.9 Å². The number of aryl methyl sites for hydroxylation is 1. The Morgan fingerprint density at radius 2 is 2.29 bits per heavy atom. The molecular formula is C12H17N5. The van der Waals surface area contributed by atoms with E-state index in [0.717, 1.165) is 19.1 Å². The van der Waals surface area contributed by atoms with Crippen LogP contribution in [-0.2, 0) is 20.1 Å². The Morgan fingerprint density at radius 1 is 1.41 bits per heavy atom. The second kappa shape index (κ2) is 4.33. The average molecular weight is 231 g/mol. The smallest absolute Gasteiger partial charge is 0.0693 e. The van der Waals surface area contributed by atoms with Crippen LogP contribution in [0.15, 0.2) is 24.7 Å². The molecule has 0 atom stereocenters. The molecule has 3 rings (SSSR count). The number of nitrogens with one attached hydrogen (secondary N) is 1. The van der Waals surface area contributed by atoms with Gasteiger partial charge in [-0.1, -0.05) is 0 Å². The van der Waals surface area contributed by atoms with Crippen LogP contribution in [0.2, 0.25) is 0 Å². The molecule has 17 heavy (non-hydrogen) atoms. The molecule has 2 aromatic rings. The maximum Gasteiger partial charge on any atom is 0.0693 e. The second-order valence-corrected chi connectivity index (χ2v) is 4.66. The molecule has 0 saturated heterocycles. The minimum absolute atomic E-state index is 0.733. The zero-order valence-corrected chi connectivity index (χ0v) is 10.0. The first-order valence-corrected chi connectivity index (χ1v) is 6.03. The Morgan fingerprint density at radius 3 is 3.00 bits per heavy atom. The molecular weight excluding hydrogens is 214 g/mol. The van der Waals surface area contributed by atoms with E-state index in [2.05, 4.69) is 21.6 Å². The fourth-order valence-corrected chi connectivity index (χ4v) is 1.92. The van der Waals surface area contributed by atoms with Gasteiger partial charge < -0.3 is 5.32 Å². The molecule has 0 bridgehead atoms. The maximum atomic E-state index is 4.36. The van der Waals surface area contributed by atoms with E-state index in [1.54, 1.807) is 0 Å². The molecule has 0 aliphatic heterocycles. The Balaban J connectivity index is 1.67. The SMILES string of the molecule is Cn1cc(Cn2nccc2CNC2CC2)cn1. The van der Waals surface area contributed by atoms with Crippen molar-refractivity contribution in [1.29, 1.82) is 0 Å². The van der Waals surface area contributed by atoms with Crippen molar-refractivity contribution in [3.63, 3.8) is 0 Å². The van der Waals surface area contributed by atoms with Crippen LogP contribution in [0.3, 0.4) is 0 Å². The molecule has 2 aromatic heterocycles. The van der Waals surface area contributed by atoms with Crippen molar-refractivity contribution in [2.45, 2.75) is 32.0 Å². The van der Waals surface area contributed by atoms with Crippen LogP contribution in [0.1, 0.15) is 24.1 Å². The first kappa shape index (κ1) is 10.5. The van der Waals surface area contributed by atoms with Crippen molar-refractivity contribution in [3.05, 3.63) is 35.9 Å². The minimum atomic E-state index is 0.733. The molecule has 90 valence electrons. The summed E-state index contributed by atoms with van der Waals surface area (Å²) in [6, 6.07) is 2.81. The van der Waals surface area contributed by atoms with E-state index in [9.17, 15) is 0 Å². The molecule has 0 radical (unpaired) electrons. The summed E-state index contributed by atoms with van der Waals surface area (Å²) in [4.78, 5) is 0. The van der Waals surface area contributed by atoms with Gasteiger partial charge in [-0.15, -0.1) is 0 Å². The van der Waals surface area contributed by atoms with E-state index < -0.39 is 0 Å². The number of rotatable bonds is 5. The maximum absolute atomic E-state index is 4.36. The third kappa shape index (κ3) is 2.55. The molecule has 1 aliphatic rings. The van der Waals surface area contributed by atoms with Crippen molar-refractivity contribution in [2.24, 2.45) is 7.05 Å². The zero-order chi connectivity index (χ0) is 11.7. The summed E-state index contributed by atoms with van der Waals surface area (Å²) in [6.45, 7) is 1.70. The van der Waals surface area contributed by atoms with E-state index in [4.69, 9.17) is 0 Å². The normalized spacial score (nSPS) is 15.4. The van der Waals surface area contributed by atoms with E-state index in [1.807, 2.05) is 35.0 Å². The van der Waals surface area contributed by atoms with Crippen LogP contribution in [0.4, 0.5) is 0 Å². The van der Waals surface area contributed by atoms with Gasteiger partial charge in [0.25, 0.3) is 0 Å². The van der Waals surface area contributed by atoms with Crippen molar-refractivity contribution in [3.8, 4) is 0 Å². The molecule has 1 N–H and O–H groups in total. The quantitative estimate of drug-likeness (QED) is 0.832. The largest absolute Gasteiger partial charge is 0.308 e. The van der Waals surface area contributed by atoms with Gasteiger partial charge in [0, 0.05) is 37.6 Å². The highest BCUT2D eigenvalue weighted by molar-refractivity contribution is 5.08. The third-order valence-corrected chi connectivity index (χ3v) is 3.04. The summed E-state index contributed by atoms with van der Waals surface area (Å²) < 4.78 is 3.85. The van der Waals surface area contributed by atoms with E-state index in [1.165, 1.54) is 24.1 Å². The van der Waals surface area contributed by atoms with Crippen LogP contribution in [-0.4, -0.2) is 25.6 Å². The third-order valence-electron chi connectivity index (χ3n) is 3.04. The van der Waals surface area contributed by atoms with Crippen LogP contribution < -0.4 is 5.32 Å². The summed E-state index contributed by atoms with van der Waals surface area (Å²) in [6.07, 6.45) is 8.41. The Bertz CT molecular complexity index is 494. The lowest BCUT2D eigenvalue weighted by Crippen LogP contribution is -2.18. The number of hydrogen-bond acceptors (Lipinski definition) is 3. The zero-order valence-electron chi connectivity index (χ0n) is 10.0. The molecule has 0 unspecified atom stereocenters. The lowest BCUT2D eigenvalue weighted by molar-refractivity contribution is 0.593. The first-order valence-electron chi connectivity index (χ1n) is 6.03. The lowest BCUT2D eigenvalue weighted by Gasteiger charge is -2.06. The van der Waals surface area contributed by atoms with Gasteiger partial charge in [-0.25, -0.2) is 0 Å². The molecule has 1 aliphatic carbocycles. The molecule has 1 fully saturated rings. The van der Waals surface area contributed by atoms with Gasteiger partial charge in [0.1, 0.15) is 0 Å². The van der Waals surface area contributed by atoms with Crippen LogP contribution in [0, 0.1) is 0 Å². The lowest BCUT2D eigenvalue weighted by atomic mass is 10.3. The van der Waals surface area contributed by atoms with E-state index in [-0.39, 0.29) is 0 Å². The van der Waals surface area contributed by atoms with Crippen molar-refractivity contribution in [2.75, 3.05) is 0 Å². The fraction of sp³-hybridized carbons (Fsp3) is 0.500. The monoisotopic (exact) mass is 231 g/mol. The van der Waals surface area contributed by atoms with E-state index in [0.29, 0.717) is 0 Å². The average Bonchev–Trinajstić information content (AvgIpc) is 2.90. The molecule has 0 aromatic carbocycles. The molecule has 2 heterocycles. The van der Waals surface area contributed by atoms with E-state index >= 15 is 0 Å². The van der Waals surface area contributed by atoms with Gasteiger partial charge in [0.15, 0.2) is 0 Å². The first-order chi connectivity index (χ1) is 8.31. The summed E-state index contributed by atoms with van der Waals surface area (Å²) in [5.74, 6) is 0. The standard InChI is InChI=1S/C12H17N5/c1-16-8-10(6-15-16)9-17-12(4-5-14-17)7-13-11-2-3-11/h4-6,8,11,13H,2-3,7,9H2,1H3. The van der Waals surface area contributed by atoms with Crippen LogP contribution in [0.25, 0.3) is 0 Å². The molecule has 5 nitrogen and oxygen atoms in total. The van der Waals surface area contributed by atoms with Gasteiger partial charge >= 0.3 is 0 Å². The number of aromatic nitrogens is 4. The van der Waals surface area contributed by atoms with Crippen molar-refractivity contribution < 1.29 is 0 Å². The van der Waals surface area contributed by atoms with Gasteiger partial charge in [0.05, 0.1) is 18.4 Å². The highest BCUT2D eigenvalue weighted by atomic mass is 15.3. The fourth-order valence-electron chi connectivity index (χ4n) is 1.92. The molecule has 0 spiro atoms. The molecule has 0 amide bonds. The Kier molecular flexibility index (Phi) is 2.68. The predicted octanol–water partition coefficient (Wildman–Crippen LogP) is 0.917. The van der Waals surface area contributed by atoms with Crippen LogP contribution in [0.5, 0.6) is 0 Å². The predicted molar refractivity (Wildman–Crippen MR) is 64.4 cm³/mol.